The van der Waals surface area contributed by atoms with E-state index in [4.69, 9.17) is 10.5 Å². The summed E-state index contributed by atoms with van der Waals surface area (Å²) in [6.45, 7) is 5.78. The summed E-state index contributed by atoms with van der Waals surface area (Å²) in [6.07, 6.45) is 2.91. The van der Waals surface area contributed by atoms with Crippen molar-refractivity contribution in [2.24, 2.45) is 5.92 Å². The Morgan fingerprint density at radius 2 is 2.25 bits per heavy atom. The monoisotopic (exact) mass is 221 g/mol. The SMILES string of the molecule is CCc1nc(CC2CCOC2)nc(N)c1C. The van der Waals surface area contributed by atoms with Gasteiger partial charge in [-0.25, -0.2) is 9.97 Å². The molecule has 2 rings (SSSR count). The van der Waals surface area contributed by atoms with Crippen molar-refractivity contribution in [1.29, 1.82) is 0 Å². The van der Waals surface area contributed by atoms with E-state index in [1.165, 1.54) is 0 Å². The van der Waals surface area contributed by atoms with Gasteiger partial charge in [0, 0.05) is 30.9 Å². The van der Waals surface area contributed by atoms with E-state index in [9.17, 15) is 0 Å². The van der Waals surface area contributed by atoms with Crippen LogP contribution in [-0.4, -0.2) is 23.2 Å². The molecule has 1 aromatic heterocycles. The van der Waals surface area contributed by atoms with Gasteiger partial charge in [0.1, 0.15) is 11.6 Å². The molecule has 0 aliphatic carbocycles. The Labute approximate surface area is 96.2 Å². The summed E-state index contributed by atoms with van der Waals surface area (Å²) < 4.78 is 5.35. The molecule has 0 amide bonds. The lowest BCUT2D eigenvalue weighted by molar-refractivity contribution is 0.185. The lowest BCUT2D eigenvalue weighted by atomic mass is 10.0. The predicted octanol–water partition coefficient (Wildman–Crippen LogP) is 1.51. The molecule has 2 N–H and O–H groups in total. The molecule has 1 saturated heterocycles. The maximum absolute atomic E-state index is 5.89. The van der Waals surface area contributed by atoms with Crippen molar-refractivity contribution in [2.75, 3.05) is 18.9 Å². The Bertz CT molecular complexity index is 373. The fourth-order valence-electron chi connectivity index (χ4n) is 2.07. The maximum atomic E-state index is 5.89. The van der Waals surface area contributed by atoms with Crippen LogP contribution in [0.3, 0.4) is 0 Å². The van der Waals surface area contributed by atoms with Crippen LogP contribution in [0, 0.1) is 12.8 Å². The number of aryl methyl sites for hydroxylation is 1. The van der Waals surface area contributed by atoms with Gasteiger partial charge in [-0.3, -0.25) is 0 Å². The molecule has 0 spiro atoms. The van der Waals surface area contributed by atoms with Gasteiger partial charge in [-0.2, -0.15) is 0 Å². The standard InChI is InChI=1S/C12H19N3O/c1-3-10-8(2)12(13)15-11(14-10)6-9-4-5-16-7-9/h9H,3-7H2,1-2H3,(H2,13,14,15). The number of nitrogen functional groups attached to an aromatic ring is 1. The number of ether oxygens (including phenoxy) is 1. The Kier molecular flexibility index (Phi) is 3.39. The highest BCUT2D eigenvalue weighted by Crippen LogP contribution is 2.19. The van der Waals surface area contributed by atoms with Crippen LogP contribution < -0.4 is 5.73 Å². The van der Waals surface area contributed by atoms with Crippen molar-refractivity contribution >= 4 is 5.82 Å². The first-order valence-electron chi connectivity index (χ1n) is 5.90. The molecule has 4 nitrogen and oxygen atoms in total. The third kappa shape index (κ3) is 2.32. The molecule has 88 valence electrons. The normalized spacial score (nSPS) is 20.2. The minimum absolute atomic E-state index is 0.562. The van der Waals surface area contributed by atoms with Gasteiger partial charge >= 0.3 is 0 Å². The van der Waals surface area contributed by atoms with Crippen LogP contribution in [0.15, 0.2) is 0 Å². The minimum Gasteiger partial charge on any atom is -0.383 e. The van der Waals surface area contributed by atoms with Gasteiger partial charge in [0.2, 0.25) is 0 Å². The van der Waals surface area contributed by atoms with E-state index in [2.05, 4.69) is 16.9 Å². The summed E-state index contributed by atoms with van der Waals surface area (Å²) in [7, 11) is 0. The molecule has 16 heavy (non-hydrogen) atoms. The molecule has 1 aliphatic heterocycles. The number of hydrogen-bond acceptors (Lipinski definition) is 4. The second kappa shape index (κ2) is 4.78. The first kappa shape index (κ1) is 11.3. The van der Waals surface area contributed by atoms with Crippen molar-refractivity contribution in [1.82, 2.24) is 9.97 Å². The van der Waals surface area contributed by atoms with Crippen LogP contribution in [0.1, 0.15) is 30.4 Å². The molecule has 0 radical (unpaired) electrons. The van der Waals surface area contributed by atoms with E-state index in [1.807, 2.05) is 6.92 Å². The average molecular weight is 221 g/mol. The molecule has 1 atom stereocenters. The van der Waals surface area contributed by atoms with Crippen molar-refractivity contribution in [3.8, 4) is 0 Å². The van der Waals surface area contributed by atoms with Crippen LogP contribution >= 0.6 is 0 Å². The highest BCUT2D eigenvalue weighted by atomic mass is 16.5. The summed E-state index contributed by atoms with van der Waals surface area (Å²) in [5, 5.41) is 0. The number of rotatable bonds is 3. The van der Waals surface area contributed by atoms with Crippen LogP contribution in [0.5, 0.6) is 0 Å². The molecule has 1 aliphatic rings. The number of nitrogens with zero attached hydrogens (tertiary/aromatic N) is 2. The zero-order chi connectivity index (χ0) is 11.5. The molecular weight excluding hydrogens is 202 g/mol. The predicted molar refractivity (Wildman–Crippen MR) is 63.2 cm³/mol. The second-order valence-electron chi connectivity index (χ2n) is 4.38. The van der Waals surface area contributed by atoms with Gasteiger partial charge in [-0.15, -0.1) is 0 Å². The number of aromatic nitrogens is 2. The van der Waals surface area contributed by atoms with Crippen molar-refractivity contribution in [3.63, 3.8) is 0 Å². The topological polar surface area (TPSA) is 61.0 Å². The lowest BCUT2D eigenvalue weighted by Crippen LogP contribution is -2.11. The van der Waals surface area contributed by atoms with Gasteiger partial charge in [-0.05, 0) is 25.7 Å². The van der Waals surface area contributed by atoms with E-state index in [0.29, 0.717) is 11.7 Å². The molecular formula is C12H19N3O. The number of hydrogen-bond donors (Lipinski definition) is 1. The summed E-state index contributed by atoms with van der Waals surface area (Å²) in [6, 6.07) is 0. The zero-order valence-corrected chi connectivity index (χ0v) is 9.99. The molecule has 0 aromatic carbocycles. The van der Waals surface area contributed by atoms with Crippen LogP contribution in [0.2, 0.25) is 0 Å². The fraction of sp³-hybridized carbons (Fsp3) is 0.667. The summed E-state index contributed by atoms with van der Waals surface area (Å²) >= 11 is 0. The number of nitrogens with two attached hydrogens (primary N) is 1. The van der Waals surface area contributed by atoms with Crippen LogP contribution in [0.25, 0.3) is 0 Å². The second-order valence-corrected chi connectivity index (χ2v) is 4.38. The van der Waals surface area contributed by atoms with Crippen LogP contribution in [0.4, 0.5) is 5.82 Å². The Hall–Kier alpha value is -1.16. The molecule has 1 unspecified atom stereocenters. The Balaban J connectivity index is 2.17. The summed E-state index contributed by atoms with van der Waals surface area (Å²) in [5.74, 6) is 2.06. The summed E-state index contributed by atoms with van der Waals surface area (Å²) in [5.41, 5.74) is 7.98. The Morgan fingerprint density at radius 1 is 1.44 bits per heavy atom. The third-order valence-electron chi connectivity index (χ3n) is 3.16. The molecule has 1 fully saturated rings. The van der Waals surface area contributed by atoms with E-state index < -0.39 is 0 Å². The van der Waals surface area contributed by atoms with Gasteiger partial charge in [-0.1, -0.05) is 6.92 Å². The smallest absolute Gasteiger partial charge is 0.131 e. The number of anilines is 1. The zero-order valence-electron chi connectivity index (χ0n) is 9.99. The quantitative estimate of drug-likeness (QED) is 0.840. The van der Waals surface area contributed by atoms with Gasteiger partial charge < -0.3 is 10.5 Å². The molecule has 4 heteroatoms. The highest BCUT2D eigenvalue weighted by Gasteiger charge is 2.18. The first-order chi connectivity index (χ1) is 7.70. The molecule has 0 saturated carbocycles. The first-order valence-corrected chi connectivity index (χ1v) is 5.90. The average Bonchev–Trinajstić information content (AvgIpc) is 2.76. The van der Waals surface area contributed by atoms with E-state index in [0.717, 1.165) is 49.6 Å². The minimum atomic E-state index is 0.562. The van der Waals surface area contributed by atoms with E-state index in [-0.39, 0.29) is 0 Å². The van der Waals surface area contributed by atoms with Gasteiger partial charge in [0.15, 0.2) is 0 Å². The Morgan fingerprint density at radius 3 is 2.88 bits per heavy atom. The van der Waals surface area contributed by atoms with Crippen molar-refractivity contribution in [3.05, 3.63) is 17.1 Å². The van der Waals surface area contributed by atoms with Gasteiger partial charge in [0.25, 0.3) is 0 Å². The molecule has 2 heterocycles. The molecule has 0 bridgehead atoms. The van der Waals surface area contributed by atoms with Gasteiger partial charge in [0.05, 0.1) is 0 Å². The van der Waals surface area contributed by atoms with E-state index in [1.54, 1.807) is 0 Å². The largest absolute Gasteiger partial charge is 0.383 e. The van der Waals surface area contributed by atoms with Crippen molar-refractivity contribution in [2.45, 2.75) is 33.1 Å². The summed E-state index contributed by atoms with van der Waals surface area (Å²) in [4.78, 5) is 8.92. The van der Waals surface area contributed by atoms with Crippen molar-refractivity contribution < 1.29 is 4.74 Å². The lowest BCUT2D eigenvalue weighted by Gasteiger charge is -2.10. The highest BCUT2D eigenvalue weighted by molar-refractivity contribution is 5.41. The van der Waals surface area contributed by atoms with Crippen LogP contribution in [-0.2, 0) is 17.6 Å². The molecule has 1 aromatic rings. The van der Waals surface area contributed by atoms with E-state index >= 15 is 0 Å². The fourth-order valence-corrected chi connectivity index (χ4v) is 2.07. The third-order valence-corrected chi connectivity index (χ3v) is 3.16. The maximum Gasteiger partial charge on any atom is 0.131 e.